The van der Waals surface area contributed by atoms with Crippen molar-refractivity contribution >= 4 is 50.7 Å². The van der Waals surface area contributed by atoms with Crippen LogP contribution in [0.5, 0.6) is 0 Å². The van der Waals surface area contributed by atoms with Gasteiger partial charge in [0.2, 0.25) is 5.91 Å². The molecule has 0 aliphatic carbocycles. The van der Waals surface area contributed by atoms with Crippen LogP contribution in [0, 0.1) is 11.6 Å². The standard InChI is InChI=1S/C15H10BrClF2N2O2/c1-7(22)20-13-3-2-8(16)4-14(13)21-15(23)9-5-11(18)12(19)6-10(9)17/h2-6H,1H3,(H,20,22)(H,21,23). The van der Waals surface area contributed by atoms with Gasteiger partial charge in [-0.1, -0.05) is 27.5 Å². The zero-order valence-electron chi connectivity index (χ0n) is 11.7. The molecule has 0 atom stereocenters. The zero-order chi connectivity index (χ0) is 17.1. The Kier molecular flexibility index (Phi) is 5.33. The number of rotatable bonds is 3. The lowest BCUT2D eigenvalue weighted by atomic mass is 10.2. The Morgan fingerprint density at radius 3 is 2.35 bits per heavy atom. The van der Waals surface area contributed by atoms with Gasteiger partial charge < -0.3 is 10.6 Å². The number of carbonyl (C=O) groups is 2. The van der Waals surface area contributed by atoms with Gasteiger partial charge in [-0.2, -0.15) is 0 Å². The Morgan fingerprint density at radius 1 is 1.04 bits per heavy atom. The lowest BCUT2D eigenvalue weighted by Crippen LogP contribution is -2.16. The molecule has 0 bridgehead atoms. The highest BCUT2D eigenvalue weighted by Crippen LogP contribution is 2.28. The van der Waals surface area contributed by atoms with Gasteiger partial charge in [0.05, 0.1) is 22.0 Å². The van der Waals surface area contributed by atoms with Crippen molar-refractivity contribution < 1.29 is 18.4 Å². The minimum Gasteiger partial charge on any atom is -0.325 e. The molecule has 23 heavy (non-hydrogen) atoms. The minimum atomic E-state index is -1.18. The van der Waals surface area contributed by atoms with Crippen LogP contribution < -0.4 is 10.6 Å². The molecule has 2 N–H and O–H groups in total. The average Bonchev–Trinajstić information content (AvgIpc) is 2.45. The van der Waals surface area contributed by atoms with E-state index in [0.29, 0.717) is 16.2 Å². The van der Waals surface area contributed by atoms with Crippen LogP contribution in [0.25, 0.3) is 0 Å². The average molecular weight is 404 g/mol. The number of nitrogens with one attached hydrogen (secondary N) is 2. The van der Waals surface area contributed by atoms with Gasteiger partial charge in [0, 0.05) is 11.4 Å². The van der Waals surface area contributed by atoms with E-state index < -0.39 is 17.5 Å². The molecular formula is C15H10BrClF2N2O2. The summed E-state index contributed by atoms with van der Waals surface area (Å²) in [4.78, 5) is 23.4. The molecule has 2 aromatic carbocycles. The topological polar surface area (TPSA) is 58.2 Å². The number of carbonyl (C=O) groups excluding carboxylic acids is 2. The van der Waals surface area contributed by atoms with E-state index in [1.807, 2.05) is 0 Å². The first-order chi connectivity index (χ1) is 10.8. The summed E-state index contributed by atoms with van der Waals surface area (Å²) >= 11 is 9.02. The van der Waals surface area contributed by atoms with Crippen LogP contribution in [-0.2, 0) is 4.79 Å². The quantitative estimate of drug-likeness (QED) is 0.736. The Labute approximate surface area is 144 Å². The van der Waals surface area contributed by atoms with Crippen molar-refractivity contribution in [2.45, 2.75) is 6.92 Å². The summed E-state index contributed by atoms with van der Waals surface area (Å²) in [7, 11) is 0. The van der Waals surface area contributed by atoms with Crippen LogP contribution in [-0.4, -0.2) is 11.8 Å². The first kappa shape index (κ1) is 17.4. The van der Waals surface area contributed by atoms with Crippen molar-refractivity contribution in [1.82, 2.24) is 0 Å². The molecule has 0 saturated heterocycles. The molecule has 0 spiro atoms. The van der Waals surface area contributed by atoms with Crippen molar-refractivity contribution in [2.24, 2.45) is 0 Å². The number of hydrogen-bond acceptors (Lipinski definition) is 2. The van der Waals surface area contributed by atoms with E-state index in [2.05, 4.69) is 26.6 Å². The number of amides is 2. The predicted molar refractivity (Wildman–Crippen MR) is 87.8 cm³/mol. The highest BCUT2D eigenvalue weighted by atomic mass is 79.9. The smallest absolute Gasteiger partial charge is 0.257 e. The maximum absolute atomic E-state index is 13.3. The molecule has 2 amide bonds. The lowest BCUT2D eigenvalue weighted by molar-refractivity contribution is -0.114. The molecule has 0 aliphatic heterocycles. The highest BCUT2D eigenvalue weighted by Gasteiger charge is 2.17. The highest BCUT2D eigenvalue weighted by molar-refractivity contribution is 9.10. The summed E-state index contributed by atoms with van der Waals surface area (Å²) in [5, 5.41) is 4.83. The van der Waals surface area contributed by atoms with E-state index in [1.54, 1.807) is 18.2 Å². The molecule has 0 unspecified atom stereocenters. The third-order valence-corrected chi connectivity index (χ3v) is 3.60. The summed E-state index contributed by atoms with van der Waals surface area (Å²) < 4.78 is 27.0. The predicted octanol–water partition coefficient (Wildman–Crippen LogP) is 4.59. The van der Waals surface area contributed by atoms with Crippen LogP contribution in [0.2, 0.25) is 5.02 Å². The van der Waals surface area contributed by atoms with Gasteiger partial charge in [-0.25, -0.2) is 8.78 Å². The number of anilines is 2. The molecule has 0 heterocycles. The molecular weight excluding hydrogens is 394 g/mol. The van der Waals surface area contributed by atoms with Crippen molar-refractivity contribution in [3.05, 3.63) is 57.0 Å². The van der Waals surface area contributed by atoms with Crippen LogP contribution in [0.15, 0.2) is 34.8 Å². The van der Waals surface area contributed by atoms with Gasteiger partial charge >= 0.3 is 0 Å². The van der Waals surface area contributed by atoms with Gasteiger partial charge in [-0.3, -0.25) is 9.59 Å². The zero-order valence-corrected chi connectivity index (χ0v) is 14.1. The normalized spacial score (nSPS) is 10.3. The van der Waals surface area contributed by atoms with Gasteiger partial charge in [0.1, 0.15) is 0 Å². The minimum absolute atomic E-state index is 0.223. The van der Waals surface area contributed by atoms with E-state index in [-0.39, 0.29) is 22.2 Å². The van der Waals surface area contributed by atoms with Gasteiger partial charge in [-0.05, 0) is 30.3 Å². The largest absolute Gasteiger partial charge is 0.325 e. The van der Waals surface area contributed by atoms with Gasteiger partial charge in [-0.15, -0.1) is 0 Å². The molecule has 0 aliphatic rings. The van der Waals surface area contributed by atoms with Gasteiger partial charge in [0.15, 0.2) is 11.6 Å². The Hall–Kier alpha value is -1.99. The van der Waals surface area contributed by atoms with Crippen molar-refractivity contribution in [1.29, 1.82) is 0 Å². The molecule has 0 radical (unpaired) electrons. The Bertz CT molecular complexity index is 799. The summed E-state index contributed by atoms with van der Waals surface area (Å²) in [6, 6.07) is 6.24. The van der Waals surface area contributed by atoms with E-state index in [1.165, 1.54) is 6.92 Å². The fourth-order valence-corrected chi connectivity index (χ4v) is 2.40. The first-order valence-corrected chi connectivity index (χ1v) is 7.48. The SMILES string of the molecule is CC(=O)Nc1ccc(Br)cc1NC(=O)c1cc(F)c(F)cc1Cl. The Balaban J connectivity index is 2.35. The number of halogens is 4. The second kappa shape index (κ2) is 7.06. The molecule has 120 valence electrons. The van der Waals surface area contributed by atoms with E-state index in [0.717, 1.165) is 6.07 Å². The van der Waals surface area contributed by atoms with Crippen molar-refractivity contribution in [2.75, 3.05) is 10.6 Å². The van der Waals surface area contributed by atoms with Crippen LogP contribution >= 0.6 is 27.5 Å². The molecule has 2 rings (SSSR count). The number of benzene rings is 2. The third-order valence-electron chi connectivity index (χ3n) is 2.80. The van der Waals surface area contributed by atoms with Crippen molar-refractivity contribution in [3.63, 3.8) is 0 Å². The fourth-order valence-electron chi connectivity index (χ4n) is 1.80. The Morgan fingerprint density at radius 2 is 1.70 bits per heavy atom. The van der Waals surface area contributed by atoms with Crippen LogP contribution in [0.1, 0.15) is 17.3 Å². The molecule has 8 heteroatoms. The summed E-state index contributed by atoms with van der Waals surface area (Å²) in [5.74, 6) is -3.39. The molecule has 0 saturated carbocycles. The van der Waals surface area contributed by atoms with Crippen LogP contribution in [0.3, 0.4) is 0 Å². The monoisotopic (exact) mass is 402 g/mol. The first-order valence-electron chi connectivity index (χ1n) is 6.31. The van der Waals surface area contributed by atoms with E-state index in [9.17, 15) is 18.4 Å². The molecule has 2 aromatic rings. The second-order valence-electron chi connectivity index (χ2n) is 4.57. The van der Waals surface area contributed by atoms with E-state index >= 15 is 0 Å². The lowest BCUT2D eigenvalue weighted by Gasteiger charge is -2.13. The molecule has 4 nitrogen and oxygen atoms in total. The van der Waals surface area contributed by atoms with E-state index in [4.69, 9.17) is 11.6 Å². The summed E-state index contributed by atoms with van der Waals surface area (Å²) in [5.41, 5.74) is 0.410. The summed E-state index contributed by atoms with van der Waals surface area (Å²) in [6.45, 7) is 1.32. The van der Waals surface area contributed by atoms with Gasteiger partial charge in [0.25, 0.3) is 5.91 Å². The molecule has 0 aromatic heterocycles. The van der Waals surface area contributed by atoms with Crippen LogP contribution in [0.4, 0.5) is 20.2 Å². The maximum Gasteiger partial charge on any atom is 0.257 e. The summed E-state index contributed by atoms with van der Waals surface area (Å²) in [6.07, 6.45) is 0. The maximum atomic E-state index is 13.3. The van der Waals surface area contributed by atoms with Crippen molar-refractivity contribution in [3.8, 4) is 0 Å². The number of hydrogen-bond donors (Lipinski definition) is 2. The molecule has 0 fully saturated rings. The second-order valence-corrected chi connectivity index (χ2v) is 5.89. The fraction of sp³-hybridized carbons (Fsp3) is 0.0667. The third kappa shape index (κ3) is 4.27.